The Morgan fingerprint density at radius 3 is 2.33 bits per heavy atom. The van der Waals surface area contributed by atoms with Crippen LogP contribution in [0.5, 0.6) is 0 Å². The third-order valence-electron chi connectivity index (χ3n) is 1.18. The third kappa shape index (κ3) is 3.33. The SMILES string of the molecule is N/C(=C\[C@H](O)[C@H](O)CO)C(=O)O. The Hall–Kier alpha value is -1.11. The summed E-state index contributed by atoms with van der Waals surface area (Å²) < 4.78 is 0. The lowest BCUT2D eigenvalue weighted by molar-refractivity contribution is -0.132. The summed E-state index contributed by atoms with van der Waals surface area (Å²) in [6, 6.07) is 0. The van der Waals surface area contributed by atoms with E-state index in [1.54, 1.807) is 0 Å². The summed E-state index contributed by atoms with van der Waals surface area (Å²) in [5.41, 5.74) is 4.34. The van der Waals surface area contributed by atoms with Gasteiger partial charge >= 0.3 is 5.97 Å². The van der Waals surface area contributed by atoms with Gasteiger partial charge in [0.15, 0.2) is 0 Å². The normalized spacial score (nSPS) is 17.1. The van der Waals surface area contributed by atoms with E-state index in [0.29, 0.717) is 0 Å². The summed E-state index contributed by atoms with van der Waals surface area (Å²) >= 11 is 0. The lowest BCUT2D eigenvalue weighted by Gasteiger charge is -2.10. The first-order valence-electron chi connectivity index (χ1n) is 3.16. The van der Waals surface area contributed by atoms with Gasteiger partial charge in [0, 0.05) is 0 Å². The molecule has 0 unspecified atom stereocenters. The molecule has 0 saturated heterocycles. The van der Waals surface area contributed by atoms with Crippen LogP contribution in [-0.4, -0.2) is 45.2 Å². The second kappa shape index (κ2) is 4.70. The highest BCUT2D eigenvalue weighted by Gasteiger charge is 2.14. The molecule has 0 amide bonds. The highest BCUT2D eigenvalue weighted by atomic mass is 16.4. The van der Waals surface area contributed by atoms with Crippen LogP contribution in [0.1, 0.15) is 0 Å². The molecule has 0 radical (unpaired) electrons. The van der Waals surface area contributed by atoms with Crippen LogP contribution in [0.25, 0.3) is 0 Å². The molecule has 0 aliphatic rings. The molecule has 0 aromatic rings. The number of aliphatic carboxylic acids is 1. The van der Waals surface area contributed by atoms with E-state index in [1.165, 1.54) is 0 Å². The van der Waals surface area contributed by atoms with Gasteiger partial charge in [-0.15, -0.1) is 0 Å². The number of carboxylic acids is 1. The number of rotatable bonds is 4. The van der Waals surface area contributed by atoms with Crippen molar-refractivity contribution in [3.05, 3.63) is 11.8 Å². The molecule has 6 N–H and O–H groups in total. The van der Waals surface area contributed by atoms with Gasteiger partial charge in [-0.05, 0) is 6.08 Å². The average Bonchev–Trinajstić information content (AvgIpc) is 2.02. The van der Waals surface area contributed by atoms with Gasteiger partial charge in [0.25, 0.3) is 0 Å². The predicted molar refractivity (Wildman–Crippen MR) is 39.0 cm³/mol. The number of aliphatic hydroxyl groups excluding tert-OH is 3. The lowest BCUT2D eigenvalue weighted by Crippen LogP contribution is -2.29. The van der Waals surface area contributed by atoms with E-state index in [9.17, 15) is 4.79 Å². The van der Waals surface area contributed by atoms with E-state index in [0.717, 1.165) is 6.08 Å². The fourth-order valence-electron chi connectivity index (χ4n) is 0.474. The molecule has 12 heavy (non-hydrogen) atoms. The van der Waals surface area contributed by atoms with Gasteiger partial charge in [0.1, 0.15) is 17.9 Å². The monoisotopic (exact) mass is 177 g/mol. The molecule has 0 heterocycles. The molecule has 6 heteroatoms. The Labute approximate surface area is 68.6 Å². The van der Waals surface area contributed by atoms with Gasteiger partial charge in [0.05, 0.1) is 6.61 Å². The molecule has 0 saturated carbocycles. The molecule has 6 nitrogen and oxygen atoms in total. The fourth-order valence-corrected chi connectivity index (χ4v) is 0.474. The lowest BCUT2D eigenvalue weighted by atomic mass is 10.2. The Morgan fingerprint density at radius 1 is 1.50 bits per heavy atom. The van der Waals surface area contributed by atoms with Crippen LogP contribution in [0.15, 0.2) is 11.8 Å². The third-order valence-corrected chi connectivity index (χ3v) is 1.18. The van der Waals surface area contributed by atoms with Crippen molar-refractivity contribution in [2.24, 2.45) is 5.73 Å². The maximum Gasteiger partial charge on any atom is 0.351 e. The summed E-state index contributed by atoms with van der Waals surface area (Å²) in [7, 11) is 0. The Balaban J connectivity index is 4.22. The van der Waals surface area contributed by atoms with Crippen LogP contribution in [-0.2, 0) is 4.79 Å². The number of carbonyl (C=O) groups is 1. The fraction of sp³-hybridized carbons (Fsp3) is 0.500. The summed E-state index contributed by atoms with van der Waals surface area (Å²) in [6.07, 6.45) is -2.13. The van der Waals surface area contributed by atoms with Gasteiger partial charge in [-0.2, -0.15) is 0 Å². The van der Waals surface area contributed by atoms with Crippen LogP contribution in [0, 0.1) is 0 Å². The average molecular weight is 177 g/mol. The van der Waals surface area contributed by atoms with Gasteiger partial charge in [0.2, 0.25) is 0 Å². The van der Waals surface area contributed by atoms with Crippen molar-refractivity contribution >= 4 is 5.97 Å². The van der Waals surface area contributed by atoms with Crippen molar-refractivity contribution in [2.75, 3.05) is 6.61 Å². The molecular formula is C6H11NO5. The molecule has 0 aromatic heterocycles. The number of carboxylic acid groups (broad SMARTS) is 1. The zero-order chi connectivity index (χ0) is 9.72. The van der Waals surface area contributed by atoms with Crippen LogP contribution < -0.4 is 5.73 Å². The maximum absolute atomic E-state index is 10.1. The Morgan fingerprint density at radius 2 is 2.00 bits per heavy atom. The topological polar surface area (TPSA) is 124 Å². The van der Waals surface area contributed by atoms with Crippen molar-refractivity contribution in [3.8, 4) is 0 Å². The van der Waals surface area contributed by atoms with Gasteiger partial charge in [-0.3, -0.25) is 0 Å². The van der Waals surface area contributed by atoms with Gasteiger partial charge < -0.3 is 26.2 Å². The minimum absolute atomic E-state index is 0.574. The molecule has 0 aliphatic heterocycles. The highest BCUT2D eigenvalue weighted by molar-refractivity contribution is 5.85. The molecule has 0 aromatic carbocycles. The summed E-state index contributed by atoms with van der Waals surface area (Å²) in [6.45, 7) is -0.662. The predicted octanol–water partition coefficient (Wildman–Crippen LogP) is -2.37. The number of hydrogen-bond acceptors (Lipinski definition) is 5. The number of nitrogens with two attached hydrogens (primary N) is 1. The van der Waals surface area contributed by atoms with Crippen LogP contribution >= 0.6 is 0 Å². The van der Waals surface area contributed by atoms with E-state index >= 15 is 0 Å². The molecule has 0 fully saturated rings. The minimum Gasteiger partial charge on any atom is -0.477 e. The molecule has 0 aliphatic carbocycles. The summed E-state index contributed by atoms with van der Waals surface area (Å²) in [5.74, 6) is -1.39. The van der Waals surface area contributed by atoms with E-state index < -0.39 is 30.5 Å². The Bertz CT molecular complexity index is 190. The summed E-state index contributed by atoms with van der Waals surface area (Å²) in [4.78, 5) is 10.1. The van der Waals surface area contributed by atoms with Crippen LogP contribution in [0.3, 0.4) is 0 Å². The second-order valence-electron chi connectivity index (χ2n) is 2.17. The molecule has 0 rings (SSSR count). The van der Waals surface area contributed by atoms with Gasteiger partial charge in [-0.25, -0.2) is 4.79 Å². The zero-order valence-electron chi connectivity index (χ0n) is 6.21. The summed E-state index contributed by atoms with van der Waals surface area (Å²) in [5, 5.41) is 34.2. The standard InChI is InChI=1S/C6H11NO5/c7-3(6(11)12)1-4(9)5(10)2-8/h1,4-5,8-10H,2,7H2,(H,11,12)/b3-1-/t4-,5+/m0/s1. The second-order valence-corrected chi connectivity index (χ2v) is 2.17. The van der Waals surface area contributed by atoms with Crippen molar-refractivity contribution in [1.82, 2.24) is 0 Å². The van der Waals surface area contributed by atoms with Crippen molar-refractivity contribution in [3.63, 3.8) is 0 Å². The van der Waals surface area contributed by atoms with E-state index in [2.05, 4.69) is 0 Å². The minimum atomic E-state index is -1.47. The van der Waals surface area contributed by atoms with E-state index in [4.69, 9.17) is 26.2 Å². The molecule has 0 bridgehead atoms. The van der Waals surface area contributed by atoms with E-state index in [-0.39, 0.29) is 0 Å². The quantitative estimate of drug-likeness (QED) is 0.306. The molecular weight excluding hydrogens is 166 g/mol. The largest absolute Gasteiger partial charge is 0.477 e. The smallest absolute Gasteiger partial charge is 0.351 e. The zero-order valence-corrected chi connectivity index (χ0v) is 6.21. The molecule has 70 valence electrons. The first-order valence-corrected chi connectivity index (χ1v) is 3.16. The first kappa shape index (κ1) is 10.9. The maximum atomic E-state index is 10.1. The van der Waals surface area contributed by atoms with Crippen molar-refractivity contribution < 1.29 is 25.2 Å². The van der Waals surface area contributed by atoms with E-state index in [1.807, 2.05) is 0 Å². The van der Waals surface area contributed by atoms with Crippen molar-refractivity contribution in [1.29, 1.82) is 0 Å². The molecule has 0 spiro atoms. The number of hydrogen-bond donors (Lipinski definition) is 5. The van der Waals surface area contributed by atoms with Gasteiger partial charge in [-0.1, -0.05) is 0 Å². The Kier molecular flexibility index (Phi) is 4.27. The van der Waals surface area contributed by atoms with Crippen LogP contribution in [0.2, 0.25) is 0 Å². The van der Waals surface area contributed by atoms with Crippen molar-refractivity contribution in [2.45, 2.75) is 12.2 Å². The van der Waals surface area contributed by atoms with Crippen LogP contribution in [0.4, 0.5) is 0 Å². The molecule has 2 atom stereocenters. The number of aliphatic hydroxyl groups is 3. The highest BCUT2D eigenvalue weighted by Crippen LogP contribution is 1.96. The first-order chi connectivity index (χ1) is 5.49.